The van der Waals surface area contributed by atoms with Gasteiger partial charge in [0.25, 0.3) is 5.91 Å². The Bertz CT molecular complexity index is 567. The predicted molar refractivity (Wildman–Crippen MR) is 80.7 cm³/mol. The van der Waals surface area contributed by atoms with Crippen molar-refractivity contribution in [1.29, 1.82) is 0 Å². The summed E-state index contributed by atoms with van der Waals surface area (Å²) in [4.78, 5) is 14.5. The van der Waals surface area contributed by atoms with E-state index in [0.717, 1.165) is 16.9 Å². The molecule has 0 aliphatic carbocycles. The topological polar surface area (TPSA) is 49.8 Å². The number of rotatable bonds is 1. The molecule has 2 unspecified atom stereocenters. The van der Waals surface area contributed by atoms with Gasteiger partial charge in [0.15, 0.2) is 0 Å². The van der Waals surface area contributed by atoms with Crippen LogP contribution in [-0.2, 0) is 5.41 Å². The van der Waals surface area contributed by atoms with Crippen LogP contribution >= 0.6 is 0 Å². The lowest BCUT2D eigenvalue weighted by Crippen LogP contribution is -2.45. The van der Waals surface area contributed by atoms with Crippen molar-refractivity contribution in [2.45, 2.75) is 38.7 Å². The van der Waals surface area contributed by atoms with Gasteiger partial charge in [-0.15, -0.1) is 0 Å². The summed E-state index contributed by atoms with van der Waals surface area (Å²) in [6.45, 7) is 8.16. The Hall–Kier alpha value is -1.55. The van der Waals surface area contributed by atoms with Crippen molar-refractivity contribution in [3.63, 3.8) is 0 Å². The number of aliphatic hydroxyl groups is 1. The van der Waals surface area contributed by atoms with Crippen molar-refractivity contribution in [3.05, 3.63) is 29.3 Å². The minimum Gasteiger partial charge on any atom is -0.492 e. The van der Waals surface area contributed by atoms with Gasteiger partial charge in [-0.25, -0.2) is 0 Å². The SMILES string of the molecule is CC1CN(C(=O)c2ccc3c(c2)C(C)(C)CO3)CCC1O. The van der Waals surface area contributed by atoms with Crippen LogP contribution in [0, 0.1) is 5.92 Å². The molecule has 3 rings (SSSR count). The predicted octanol–water partition coefficient (Wildman–Crippen LogP) is 2.20. The zero-order chi connectivity index (χ0) is 15.2. The molecule has 4 nitrogen and oxygen atoms in total. The van der Waals surface area contributed by atoms with Gasteiger partial charge in [0.2, 0.25) is 0 Å². The van der Waals surface area contributed by atoms with Crippen LogP contribution in [0.1, 0.15) is 43.1 Å². The molecule has 0 saturated carbocycles. The molecule has 1 fully saturated rings. The molecule has 0 spiro atoms. The standard InChI is InChI=1S/C17H23NO3/c1-11-9-18(7-6-14(11)19)16(20)12-4-5-15-13(8-12)17(2,3)10-21-15/h4-5,8,11,14,19H,6-7,9-10H2,1-3H3. The van der Waals surface area contributed by atoms with E-state index in [1.165, 1.54) is 0 Å². The van der Waals surface area contributed by atoms with Crippen molar-refractivity contribution in [3.8, 4) is 5.75 Å². The Morgan fingerprint density at radius 2 is 2.19 bits per heavy atom. The van der Waals surface area contributed by atoms with Crippen molar-refractivity contribution < 1.29 is 14.6 Å². The van der Waals surface area contributed by atoms with Gasteiger partial charge in [-0.2, -0.15) is 0 Å². The van der Waals surface area contributed by atoms with E-state index in [9.17, 15) is 9.90 Å². The molecule has 1 saturated heterocycles. The molecule has 0 radical (unpaired) electrons. The number of hydrogen-bond acceptors (Lipinski definition) is 3. The van der Waals surface area contributed by atoms with Gasteiger partial charge in [0.1, 0.15) is 5.75 Å². The summed E-state index contributed by atoms with van der Waals surface area (Å²) < 4.78 is 5.67. The highest BCUT2D eigenvalue weighted by molar-refractivity contribution is 5.94. The molecule has 1 aromatic rings. The van der Waals surface area contributed by atoms with Gasteiger partial charge in [0, 0.05) is 29.6 Å². The third-order valence-electron chi connectivity index (χ3n) is 4.69. The smallest absolute Gasteiger partial charge is 0.253 e. The number of aliphatic hydroxyl groups excluding tert-OH is 1. The number of fused-ring (bicyclic) bond motifs is 1. The number of hydrogen-bond donors (Lipinski definition) is 1. The van der Waals surface area contributed by atoms with Crippen LogP contribution < -0.4 is 4.74 Å². The Labute approximate surface area is 125 Å². The highest BCUT2D eigenvalue weighted by Crippen LogP contribution is 2.38. The quantitative estimate of drug-likeness (QED) is 0.862. The molecule has 2 aliphatic rings. The Morgan fingerprint density at radius 1 is 1.43 bits per heavy atom. The van der Waals surface area contributed by atoms with Gasteiger partial charge in [0.05, 0.1) is 12.7 Å². The molecule has 1 amide bonds. The van der Waals surface area contributed by atoms with Gasteiger partial charge in [-0.3, -0.25) is 4.79 Å². The highest BCUT2D eigenvalue weighted by Gasteiger charge is 2.33. The molecule has 4 heteroatoms. The van der Waals surface area contributed by atoms with E-state index in [1.54, 1.807) is 0 Å². The van der Waals surface area contributed by atoms with E-state index in [1.807, 2.05) is 30.0 Å². The Kier molecular flexibility index (Phi) is 3.44. The van der Waals surface area contributed by atoms with E-state index >= 15 is 0 Å². The zero-order valence-electron chi connectivity index (χ0n) is 12.9. The number of piperidine rings is 1. The molecule has 114 valence electrons. The highest BCUT2D eigenvalue weighted by atomic mass is 16.5. The molecule has 1 aromatic carbocycles. The van der Waals surface area contributed by atoms with E-state index in [0.29, 0.717) is 26.1 Å². The molecular weight excluding hydrogens is 266 g/mol. The number of ether oxygens (including phenoxy) is 1. The summed E-state index contributed by atoms with van der Waals surface area (Å²) in [7, 11) is 0. The first-order valence-electron chi connectivity index (χ1n) is 7.63. The summed E-state index contributed by atoms with van der Waals surface area (Å²) in [5.41, 5.74) is 1.78. The zero-order valence-corrected chi connectivity index (χ0v) is 12.9. The lowest BCUT2D eigenvalue weighted by Gasteiger charge is -2.34. The lowest BCUT2D eigenvalue weighted by atomic mass is 9.86. The van der Waals surface area contributed by atoms with Crippen LogP contribution in [0.2, 0.25) is 0 Å². The first-order chi connectivity index (χ1) is 9.88. The average molecular weight is 289 g/mol. The second-order valence-corrected chi connectivity index (χ2v) is 6.97. The van der Waals surface area contributed by atoms with E-state index in [4.69, 9.17) is 4.74 Å². The normalized spacial score (nSPS) is 27.1. The maximum atomic E-state index is 12.7. The van der Waals surface area contributed by atoms with Gasteiger partial charge < -0.3 is 14.7 Å². The van der Waals surface area contributed by atoms with E-state index < -0.39 is 0 Å². The van der Waals surface area contributed by atoms with Crippen molar-refractivity contribution in [1.82, 2.24) is 4.90 Å². The summed E-state index contributed by atoms with van der Waals surface area (Å²) in [5, 5.41) is 9.79. The van der Waals surface area contributed by atoms with Crippen LogP contribution in [0.5, 0.6) is 5.75 Å². The largest absolute Gasteiger partial charge is 0.492 e. The molecular formula is C17H23NO3. The van der Waals surface area contributed by atoms with Gasteiger partial charge in [-0.1, -0.05) is 20.8 Å². The number of amides is 1. The summed E-state index contributed by atoms with van der Waals surface area (Å²) >= 11 is 0. The van der Waals surface area contributed by atoms with Gasteiger partial charge in [-0.05, 0) is 30.5 Å². The fraction of sp³-hybridized carbons (Fsp3) is 0.588. The van der Waals surface area contributed by atoms with Crippen molar-refractivity contribution in [2.24, 2.45) is 5.92 Å². The average Bonchev–Trinajstić information content (AvgIpc) is 2.76. The molecule has 1 N–H and O–H groups in total. The maximum absolute atomic E-state index is 12.7. The minimum atomic E-state index is -0.290. The van der Waals surface area contributed by atoms with Crippen LogP contribution in [0.3, 0.4) is 0 Å². The van der Waals surface area contributed by atoms with Crippen molar-refractivity contribution in [2.75, 3.05) is 19.7 Å². The van der Waals surface area contributed by atoms with Crippen LogP contribution in [0.15, 0.2) is 18.2 Å². The second kappa shape index (κ2) is 5.02. The third-order valence-corrected chi connectivity index (χ3v) is 4.69. The number of likely N-dealkylation sites (tertiary alicyclic amines) is 1. The summed E-state index contributed by atoms with van der Waals surface area (Å²) in [5.74, 6) is 1.08. The molecule has 0 aromatic heterocycles. The third kappa shape index (κ3) is 2.53. The van der Waals surface area contributed by atoms with Crippen LogP contribution in [0.4, 0.5) is 0 Å². The second-order valence-electron chi connectivity index (χ2n) is 6.97. The van der Waals surface area contributed by atoms with Crippen LogP contribution in [-0.4, -0.2) is 41.7 Å². The molecule has 21 heavy (non-hydrogen) atoms. The van der Waals surface area contributed by atoms with Crippen molar-refractivity contribution >= 4 is 5.91 Å². The molecule has 2 atom stereocenters. The van der Waals surface area contributed by atoms with E-state index in [2.05, 4.69) is 13.8 Å². The number of carbonyl (C=O) groups is 1. The number of benzene rings is 1. The fourth-order valence-electron chi connectivity index (χ4n) is 3.15. The Balaban J connectivity index is 1.83. The summed E-state index contributed by atoms with van der Waals surface area (Å²) in [6, 6.07) is 5.72. The monoisotopic (exact) mass is 289 g/mol. The van der Waals surface area contributed by atoms with Gasteiger partial charge >= 0.3 is 0 Å². The Morgan fingerprint density at radius 3 is 2.90 bits per heavy atom. The van der Waals surface area contributed by atoms with E-state index in [-0.39, 0.29) is 23.3 Å². The molecule has 2 heterocycles. The first kappa shape index (κ1) is 14.4. The first-order valence-corrected chi connectivity index (χ1v) is 7.63. The number of nitrogens with zero attached hydrogens (tertiary/aromatic N) is 1. The fourth-order valence-corrected chi connectivity index (χ4v) is 3.15. The number of carbonyl (C=O) groups excluding carboxylic acids is 1. The minimum absolute atomic E-state index is 0.0446. The molecule has 2 aliphatic heterocycles. The maximum Gasteiger partial charge on any atom is 0.253 e. The van der Waals surface area contributed by atoms with Crippen LogP contribution in [0.25, 0.3) is 0 Å². The molecule has 0 bridgehead atoms. The summed E-state index contributed by atoms with van der Waals surface area (Å²) in [6.07, 6.45) is 0.369. The lowest BCUT2D eigenvalue weighted by molar-refractivity contribution is 0.0297.